The lowest BCUT2D eigenvalue weighted by Crippen LogP contribution is -2.44. The first-order valence-corrected chi connectivity index (χ1v) is 7.16. The van der Waals surface area contributed by atoms with Crippen LogP contribution in [0.4, 0.5) is 0 Å². The van der Waals surface area contributed by atoms with Crippen molar-refractivity contribution in [3.63, 3.8) is 0 Å². The summed E-state index contributed by atoms with van der Waals surface area (Å²) in [5.41, 5.74) is 0.0753. The summed E-state index contributed by atoms with van der Waals surface area (Å²) in [7, 11) is 0. The summed E-state index contributed by atoms with van der Waals surface area (Å²) in [5, 5.41) is 47.0. The SMILES string of the molecule is O=c1c2ccccc2nnn1CC[C@@]1(O)O[C@H](CO)[C@H](O)[C@@H]1O. The van der Waals surface area contributed by atoms with Gasteiger partial charge in [0.05, 0.1) is 18.5 Å². The third-order valence-corrected chi connectivity index (χ3v) is 4.01. The van der Waals surface area contributed by atoms with Gasteiger partial charge in [-0.1, -0.05) is 17.3 Å². The molecule has 2 aromatic rings. The van der Waals surface area contributed by atoms with Crippen LogP contribution in [0.5, 0.6) is 0 Å². The van der Waals surface area contributed by atoms with Crippen molar-refractivity contribution < 1.29 is 25.2 Å². The number of hydrogen-bond acceptors (Lipinski definition) is 8. The molecule has 23 heavy (non-hydrogen) atoms. The molecule has 1 aromatic heterocycles. The van der Waals surface area contributed by atoms with E-state index in [2.05, 4.69) is 10.3 Å². The predicted octanol–water partition coefficient (Wildman–Crippen LogP) is -2.02. The van der Waals surface area contributed by atoms with Crippen molar-refractivity contribution in [2.24, 2.45) is 0 Å². The minimum atomic E-state index is -2.07. The van der Waals surface area contributed by atoms with Gasteiger partial charge in [0.1, 0.15) is 23.8 Å². The third-order valence-electron chi connectivity index (χ3n) is 4.01. The van der Waals surface area contributed by atoms with Gasteiger partial charge in [0.25, 0.3) is 5.56 Å². The number of nitrogens with zero attached hydrogens (tertiary/aromatic N) is 3. The predicted molar refractivity (Wildman–Crippen MR) is 77.3 cm³/mol. The van der Waals surface area contributed by atoms with Crippen molar-refractivity contribution in [3.05, 3.63) is 34.6 Å². The second-order valence-corrected chi connectivity index (χ2v) is 5.50. The van der Waals surface area contributed by atoms with E-state index in [-0.39, 0.29) is 18.5 Å². The molecular weight excluding hydrogens is 306 g/mol. The van der Waals surface area contributed by atoms with Crippen LogP contribution in [-0.4, -0.2) is 66.1 Å². The molecule has 1 aromatic carbocycles. The zero-order chi connectivity index (χ0) is 16.6. The van der Waals surface area contributed by atoms with Crippen molar-refractivity contribution in [1.82, 2.24) is 15.0 Å². The number of benzene rings is 1. The Balaban J connectivity index is 1.81. The highest BCUT2D eigenvalue weighted by Crippen LogP contribution is 2.32. The molecule has 1 saturated heterocycles. The van der Waals surface area contributed by atoms with Gasteiger partial charge >= 0.3 is 0 Å². The molecule has 124 valence electrons. The molecule has 4 N–H and O–H groups in total. The Morgan fingerprint density at radius 1 is 1.30 bits per heavy atom. The van der Waals surface area contributed by atoms with E-state index in [0.717, 1.165) is 4.68 Å². The normalized spacial score (nSPS) is 30.9. The average Bonchev–Trinajstić information content (AvgIpc) is 2.79. The smallest absolute Gasteiger partial charge is 0.277 e. The zero-order valence-corrected chi connectivity index (χ0v) is 12.1. The van der Waals surface area contributed by atoms with Gasteiger partial charge in [-0.05, 0) is 12.1 Å². The van der Waals surface area contributed by atoms with Crippen LogP contribution in [0.25, 0.3) is 10.9 Å². The fraction of sp³-hybridized carbons (Fsp3) is 0.500. The van der Waals surface area contributed by atoms with Crippen LogP contribution in [0.3, 0.4) is 0 Å². The van der Waals surface area contributed by atoms with Crippen molar-refractivity contribution >= 4 is 10.9 Å². The number of aromatic nitrogens is 3. The van der Waals surface area contributed by atoms with E-state index < -0.39 is 30.7 Å². The Kier molecular flexibility index (Phi) is 4.13. The van der Waals surface area contributed by atoms with Crippen molar-refractivity contribution in [2.45, 2.75) is 37.1 Å². The first-order chi connectivity index (χ1) is 11.0. The Bertz CT molecular complexity index is 766. The average molecular weight is 323 g/mol. The van der Waals surface area contributed by atoms with Crippen molar-refractivity contribution in [1.29, 1.82) is 0 Å². The highest BCUT2D eigenvalue weighted by atomic mass is 16.7. The Hall–Kier alpha value is -1.91. The fourth-order valence-corrected chi connectivity index (χ4v) is 2.66. The summed E-state index contributed by atoms with van der Waals surface area (Å²) < 4.78 is 6.16. The number of aliphatic hydroxyl groups excluding tert-OH is 3. The first kappa shape index (κ1) is 16.0. The second kappa shape index (κ2) is 5.95. The van der Waals surface area contributed by atoms with Gasteiger partial charge in [0, 0.05) is 6.42 Å². The van der Waals surface area contributed by atoms with E-state index in [1.807, 2.05) is 0 Å². The maximum Gasteiger partial charge on any atom is 0.277 e. The molecule has 0 aliphatic carbocycles. The van der Waals surface area contributed by atoms with Gasteiger partial charge in [0.2, 0.25) is 0 Å². The summed E-state index contributed by atoms with van der Waals surface area (Å²) in [6.45, 7) is -0.620. The Morgan fingerprint density at radius 2 is 2.04 bits per heavy atom. The van der Waals surface area contributed by atoms with Gasteiger partial charge < -0.3 is 25.2 Å². The second-order valence-electron chi connectivity index (χ2n) is 5.50. The lowest BCUT2D eigenvalue weighted by molar-refractivity contribution is -0.235. The Morgan fingerprint density at radius 3 is 2.74 bits per heavy atom. The topological polar surface area (TPSA) is 138 Å². The molecule has 0 spiro atoms. The maximum absolute atomic E-state index is 12.3. The largest absolute Gasteiger partial charge is 0.394 e. The van der Waals surface area contributed by atoms with E-state index in [1.165, 1.54) is 0 Å². The summed E-state index contributed by atoms with van der Waals surface area (Å²) in [6, 6.07) is 6.72. The summed E-state index contributed by atoms with van der Waals surface area (Å²) in [4.78, 5) is 12.3. The zero-order valence-electron chi connectivity index (χ0n) is 12.1. The number of fused-ring (bicyclic) bond motifs is 1. The maximum atomic E-state index is 12.3. The van der Waals surface area contributed by atoms with Crippen LogP contribution in [0, 0.1) is 0 Å². The van der Waals surface area contributed by atoms with Crippen LogP contribution in [0.2, 0.25) is 0 Å². The summed E-state index contributed by atoms with van der Waals surface area (Å²) in [5.74, 6) is -2.07. The van der Waals surface area contributed by atoms with Gasteiger partial charge in [-0.3, -0.25) is 4.79 Å². The minimum absolute atomic E-state index is 0.0743. The molecule has 0 saturated carbocycles. The van der Waals surface area contributed by atoms with Gasteiger partial charge in [-0.2, -0.15) is 0 Å². The van der Waals surface area contributed by atoms with E-state index in [9.17, 15) is 20.1 Å². The standard InChI is InChI=1S/C14H17N3O6/c18-7-10-11(19)12(20)14(22,23-10)5-6-17-13(21)8-3-1-2-4-9(8)15-16-17/h1-4,10-12,18-20,22H,5-7H2/t10-,11+,12+,14-/m1/s1. The minimum Gasteiger partial charge on any atom is -0.394 e. The molecular formula is C14H17N3O6. The molecule has 3 rings (SSSR count). The molecule has 0 bridgehead atoms. The summed E-state index contributed by atoms with van der Waals surface area (Å²) >= 11 is 0. The highest BCUT2D eigenvalue weighted by molar-refractivity contribution is 5.76. The number of aryl methyl sites for hydroxylation is 1. The van der Waals surface area contributed by atoms with E-state index in [1.54, 1.807) is 24.3 Å². The molecule has 1 aliphatic heterocycles. The monoisotopic (exact) mass is 323 g/mol. The molecule has 9 nitrogen and oxygen atoms in total. The summed E-state index contributed by atoms with van der Waals surface area (Å²) in [6.07, 6.45) is -4.29. The van der Waals surface area contributed by atoms with Gasteiger partial charge in [0.15, 0.2) is 5.79 Å². The first-order valence-electron chi connectivity index (χ1n) is 7.16. The quantitative estimate of drug-likeness (QED) is 0.506. The van der Waals surface area contributed by atoms with Crippen LogP contribution in [0.15, 0.2) is 29.1 Å². The van der Waals surface area contributed by atoms with Crippen LogP contribution in [0.1, 0.15) is 6.42 Å². The molecule has 2 heterocycles. The van der Waals surface area contributed by atoms with Crippen LogP contribution in [-0.2, 0) is 11.3 Å². The number of aliphatic hydroxyl groups is 4. The lowest BCUT2D eigenvalue weighted by atomic mass is 10.0. The molecule has 1 aliphatic rings. The molecule has 0 unspecified atom stereocenters. The molecule has 0 amide bonds. The van der Waals surface area contributed by atoms with Crippen molar-refractivity contribution in [2.75, 3.05) is 6.61 Å². The molecule has 1 fully saturated rings. The van der Waals surface area contributed by atoms with E-state index in [0.29, 0.717) is 10.9 Å². The van der Waals surface area contributed by atoms with E-state index >= 15 is 0 Å². The fourth-order valence-electron chi connectivity index (χ4n) is 2.66. The van der Waals surface area contributed by atoms with Gasteiger partial charge in [-0.25, -0.2) is 4.68 Å². The number of ether oxygens (including phenoxy) is 1. The number of rotatable bonds is 4. The molecule has 4 atom stereocenters. The Labute approximate surface area is 130 Å². The van der Waals surface area contributed by atoms with E-state index in [4.69, 9.17) is 9.84 Å². The van der Waals surface area contributed by atoms with Crippen LogP contribution >= 0.6 is 0 Å². The van der Waals surface area contributed by atoms with Crippen molar-refractivity contribution in [3.8, 4) is 0 Å². The molecule has 0 radical (unpaired) electrons. The third kappa shape index (κ3) is 2.73. The molecule has 9 heteroatoms. The van der Waals surface area contributed by atoms with Gasteiger partial charge in [-0.15, -0.1) is 5.10 Å². The highest BCUT2D eigenvalue weighted by Gasteiger charge is 2.52. The van der Waals surface area contributed by atoms with Crippen LogP contribution < -0.4 is 5.56 Å². The number of hydrogen-bond donors (Lipinski definition) is 4. The lowest BCUT2D eigenvalue weighted by Gasteiger charge is -2.25.